The Labute approximate surface area is 200 Å². The van der Waals surface area contributed by atoms with Gasteiger partial charge in [-0.2, -0.15) is 0 Å². The van der Waals surface area contributed by atoms with Crippen molar-refractivity contribution in [1.29, 1.82) is 0 Å². The first kappa shape index (κ1) is 26.7. The van der Waals surface area contributed by atoms with Crippen molar-refractivity contribution < 1.29 is 0 Å². The summed E-state index contributed by atoms with van der Waals surface area (Å²) in [5.41, 5.74) is 4.13. The molecule has 0 aliphatic heterocycles. The van der Waals surface area contributed by atoms with E-state index in [0.717, 1.165) is 0 Å². The van der Waals surface area contributed by atoms with Gasteiger partial charge in [0, 0.05) is 0 Å². The van der Waals surface area contributed by atoms with Gasteiger partial charge in [0.25, 0.3) is 0 Å². The molecule has 2 aromatic carbocycles. The van der Waals surface area contributed by atoms with Gasteiger partial charge >= 0.3 is 0 Å². The third-order valence-electron chi connectivity index (χ3n) is 6.88. The van der Waals surface area contributed by atoms with Crippen LogP contribution in [0.15, 0.2) is 54.6 Å². The van der Waals surface area contributed by atoms with Crippen LogP contribution in [0.2, 0.25) is 0 Å². The summed E-state index contributed by atoms with van der Waals surface area (Å²) in [5.74, 6) is 0. The number of rotatable bonds is 20. The molecule has 2 aromatic rings. The van der Waals surface area contributed by atoms with Crippen molar-refractivity contribution >= 4 is 0 Å². The van der Waals surface area contributed by atoms with Crippen molar-refractivity contribution in [2.24, 2.45) is 0 Å². The van der Waals surface area contributed by atoms with Crippen molar-refractivity contribution in [3.05, 3.63) is 60.2 Å². The van der Waals surface area contributed by atoms with Gasteiger partial charge in [-0.15, -0.1) is 0 Å². The minimum Gasteiger partial charge on any atom is -0.0654 e. The lowest BCUT2D eigenvalue weighted by atomic mass is 10.0. The normalized spacial score (nSPS) is 11.2. The highest BCUT2D eigenvalue weighted by atomic mass is 14.0. The lowest BCUT2D eigenvalue weighted by molar-refractivity contribution is 0.525. The van der Waals surface area contributed by atoms with Crippen LogP contribution in [0.5, 0.6) is 0 Å². The number of aryl methyl sites for hydroxylation is 1. The average molecular weight is 435 g/mol. The number of hydrogen-bond donors (Lipinski definition) is 0. The molecule has 0 heteroatoms. The maximum atomic E-state index is 2.32. The van der Waals surface area contributed by atoms with E-state index in [1.54, 1.807) is 0 Å². The summed E-state index contributed by atoms with van der Waals surface area (Å²) in [7, 11) is 0. The molecule has 0 aliphatic carbocycles. The van der Waals surface area contributed by atoms with E-state index < -0.39 is 0 Å². The highest BCUT2D eigenvalue weighted by Gasteiger charge is 1.99. The average Bonchev–Trinajstić information content (AvgIpc) is 2.84. The van der Waals surface area contributed by atoms with Crippen LogP contribution in [0.1, 0.15) is 128 Å². The predicted molar refractivity (Wildman–Crippen MR) is 144 cm³/mol. The number of unbranched alkanes of at least 4 members (excludes halogenated alkanes) is 17. The first-order valence-electron chi connectivity index (χ1n) is 14.0. The Bertz CT molecular complexity index is 639. The van der Waals surface area contributed by atoms with E-state index in [0.29, 0.717) is 0 Å². The van der Waals surface area contributed by atoms with Gasteiger partial charge in [0.05, 0.1) is 0 Å². The van der Waals surface area contributed by atoms with E-state index in [1.807, 2.05) is 0 Å². The largest absolute Gasteiger partial charge is 0.0654 e. The molecule has 0 aromatic heterocycles. The van der Waals surface area contributed by atoms with Crippen LogP contribution in [-0.4, -0.2) is 0 Å². The standard InChI is InChI=1S/C32H50/c1-2-3-4-5-6-7-8-9-10-11-12-13-14-15-16-17-18-20-23-30-26-28-32(29-27-30)31-24-21-19-22-25-31/h19,21-22,24-29H,2-18,20,23H2,1H3. The zero-order valence-electron chi connectivity index (χ0n) is 21.1. The Morgan fingerprint density at radius 3 is 1.19 bits per heavy atom. The molecule has 0 saturated heterocycles. The second-order valence-electron chi connectivity index (χ2n) is 9.82. The second kappa shape index (κ2) is 19.0. The van der Waals surface area contributed by atoms with Crippen LogP contribution >= 0.6 is 0 Å². The maximum Gasteiger partial charge on any atom is -0.0184 e. The topological polar surface area (TPSA) is 0 Å². The zero-order valence-corrected chi connectivity index (χ0v) is 21.1. The van der Waals surface area contributed by atoms with Crippen LogP contribution in [0.4, 0.5) is 0 Å². The van der Waals surface area contributed by atoms with Crippen molar-refractivity contribution in [3.63, 3.8) is 0 Å². The summed E-state index contributed by atoms with van der Waals surface area (Å²) < 4.78 is 0. The monoisotopic (exact) mass is 434 g/mol. The first-order valence-corrected chi connectivity index (χ1v) is 14.0. The van der Waals surface area contributed by atoms with Crippen molar-refractivity contribution in [1.82, 2.24) is 0 Å². The smallest absolute Gasteiger partial charge is 0.0184 e. The molecule has 0 heterocycles. The Morgan fingerprint density at radius 1 is 0.375 bits per heavy atom. The van der Waals surface area contributed by atoms with Crippen LogP contribution in [0.3, 0.4) is 0 Å². The fraction of sp³-hybridized carbons (Fsp3) is 0.625. The molecular weight excluding hydrogens is 384 g/mol. The molecule has 0 saturated carbocycles. The van der Waals surface area contributed by atoms with E-state index in [1.165, 1.54) is 139 Å². The minimum atomic E-state index is 1.23. The van der Waals surface area contributed by atoms with E-state index >= 15 is 0 Å². The summed E-state index contributed by atoms with van der Waals surface area (Å²) in [6, 6.07) is 19.9. The van der Waals surface area contributed by atoms with Crippen molar-refractivity contribution in [3.8, 4) is 11.1 Å². The van der Waals surface area contributed by atoms with Crippen LogP contribution in [-0.2, 0) is 6.42 Å². The van der Waals surface area contributed by atoms with E-state index in [2.05, 4.69) is 61.5 Å². The fourth-order valence-corrected chi connectivity index (χ4v) is 4.73. The summed E-state index contributed by atoms with van der Waals surface area (Å²) in [4.78, 5) is 0. The Kier molecular flexibility index (Phi) is 15.8. The third kappa shape index (κ3) is 13.1. The Hall–Kier alpha value is -1.56. The van der Waals surface area contributed by atoms with Gasteiger partial charge < -0.3 is 0 Å². The number of hydrogen-bond acceptors (Lipinski definition) is 0. The zero-order chi connectivity index (χ0) is 22.5. The van der Waals surface area contributed by atoms with Crippen LogP contribution in [0.25, 0.3) is 11.1 Å². The first-order chi connectivity index (χ1) is 15.9. The lowest BCUT2D eigenvalue weighted by Gasteiger charge is -2.05. The molecule has 178 valence electrons. The van der Waals surface area contributed by atoms with E-state index in [4.69, 9.17) is 0 Å². The summed E-state index contributed by atoms with van der Waals surface area (Å²) in [6.45, 7) is 2.30. The molecule has 0 atom stereocenters. The van der Waals surface area contributed by atoms with Gasteiger partial charge in [-0.1, -0.05) is 171 Å². The predicted octanol–water partition coefficient (Wildman–Crippen LogP) is 10.9. The van der Waals surface area contributed by atoms with Crippen molar-refractivity contribution in [2.45, 2.75) is 129 Å². The summed E-state index contributed by atoms with van der Waals surface area (Å²) >= 11 is 0. The van der Waals surface area contributed by atoms with Crippen LogP contribution in [0, 0.1) is 0 Å². The second-order valence-corrected chi connectivity index (χ2v) is 9.82. The summed E-state index contributed by atoms with van der Waals surface area (Å²) in [6.07, 6.45) is 27.2. The Morgan fingerprint density at radius 2 is 0.750 bits per heavy atom. The van der Waals surface area contributed by atoms with Gasteiger partial charge in [-0.3, -0.25) is 0 Å². The molecule has 0 radical (unpaired) electrons. The molecule has 0 fully saturated rings. The molecule has 0 nitrogen and oxygen atoms in total. The molecule has 0 unspecified atom stereocenters. The number of benzene rings is 2. The molecule has 0 bridgehead atoms. The van der Waals surface area contributed by atoms with E-state index in [9.17, 15) is 0 Å². The molecule has 32 heavy (non-hydrogen) atoms. The molecular formula is C32H50. The van der Waals surface area contributed by atoms with Crippen LogP contribution < -0.4 is 0 Å². The third-order valence-corrected chi connectivity index (χ3v) is 6.88. The van der Waals surface area contributed by atoms with Gasteiger partial charge in [-0.25, -0.2) is 0 Å². The SMILES string of the molecule is CCCCCCCCCCCCCCCCCCCCc1ccc(-c2ccccc2)cc1. The van der Waals surface area contributed by atoms with Gasteiger partial charge in [0.1, 0.15) is 0 Å². The lowest BCUT2D eigenvalue weighted by Crippen LogP contribution is -1.87. The molecule has 2 rings (SSSR count). The minimum absolute atomic E-state index is 1.23. The highest BCUT2D eigenvalue weighted by Crippen LogP contribution is 2.20. The van der Waals surface area contributed by atoms with E-state index in [-0.39, 0.29) is 0 Å². The van der Waals surface area contributed by atoms with Gasteiger partial charge in [-0.05, 0) is 29.5 Å². The molecule has 0 aliphatic rings. The van der Waals surface area contributed by atoms with Gasteiger partial charge in [0.2, 0.25) is 0 Å². The molecule has 0 amide bonds. The van der Waals surface area contributed by atoms with Crippen molar-refractivity contribution in [2.75, 3.05) is 0 Å². The summed E-state index contributed by atoms with van der Waals surface area (Å²) in [5, 5.41) is 0. The Balaban J connectivity index is 1.33. The quantitative estimate of drug-likeness (QED) is 0.182. The maximum absolute atomic E-state index is 2.32. The molecule has 0 N–H and O–H groups in total. The van der Waals surface area contributed by atoms with Gasteiger partial charge in [0.15, 0.2) is 0 Å². The molecule has 0 spiro atoms. The fourth-order valence-electron chi connectivity index (χ4n) is 4.73. The highest BCUT2D eigenvalue weighted by molar-refractivity contribution is 5.63.